The second-order valence-corrected chi connectivity index (χ2v) is 5.54. The minimum atomic E-state index is -0.202. The first kappa shape index (κ1) is 13.6. The molecule has 0 radical (unpaired) electrons. The SMILES string of the molecule is CC=NC(=O)c1ccc2c3ccccc3c3ccccc3c2c1. The molecule has 0 aromatic heterocycles. The van der Waals surface area contributed by atoms with Gasteiger partial charge in [-0.2, -0.15) is 0 Å². The van der Waals surface area contributed by atoms with Gasteiger partial charge in [0.15, 0.2) is 0 Å². The van der Waals surface area contributed by atoms with Crippen molar-refractivity contribution in [1.82, 2.24) is 0 Å². The summed E-state index contributed by atoms with van der Waals surface area (Å²) in [7, 11) is 0. The molecule has 4 aromatic rings. The molecule has 0 N–H and O–H groups in total. The summed E-state index contributed by atoms with van der Waals surface area (Å²) in [4.78, 5) is 16.0. The number of nitrogens with zero attached hydrogens (tertiary/aromatic N) is 1. The van der Waals surface area contributed by atoms with Gasteiger partial charge in [-0.05, 0) is 51.4 Å². The zero-order valence-electron chi connectivity index (χ0n) is 12.8. The van der Waals surface area contributed by atoms with Crippen LogP contribution in [0.25, 0.3) is 32.3 Å². The average molecular weight is 297 g/mol. The normalized spacial score (nSPS) is 11.7. The highest BCUT2D eigenvalue weighted by Crippen LogP contribution is 2.35. The van der Waals surface area contributed by atoms with Gasteiger partial charge < -0.3 is 0 Å². The molecule has 0 aliphatic carbocycles. The molecule has 0 spiro atoms. The Balaban J connectivity index is 2.19. The van der Waals surface area contributed by atoms with Crippen LogP contribution >= 0.6 is 0 Å². The number of amides is 1. The third-order valence-corrected chi connectivity index (χ3v) is 4.24. The second-order valence-electron chi connectivity index (χ2n) is 5.54. The zero-order chi connectivity index (χ0) is 15.8. The molecule has 0 unspecified atom stereocenters. The van der Waals surface area contributed by atoms with E-state index in [1.54, 1.807) is 6.92 Å². The summed E-state index contributed by atoms with van der Waals surface area (Å²) in [6, 6.07) is 22.6. The van der Waals surface area contributed by atoms with E-state index in [0.29, 0.717) is 5.56 Å². The minimum absolute atomic E-state index is 0.202. The van der Waals surface area contributed by atoms with Crippen molar-refractivity contribution in [1.29, 1.82) is 0 Å². The fraction of sp³-hybridized carbons (Fsp3) is 0.0476. The molecule has 23 heavy (non-hydrogen) atoms. The molecule has 2 heteroatoms. The van der Waals surface area contributed by atoms with Gasteiger partial charge in [0, 0.05) is 11.8 Å². The molecule has 4 rings (SSSR count). The molecule has 0 saturated carbocycles. The third-order valence-electron chi connectivity index (χ3n) is 4.24. The fourth-order valence-corrected chi connectivity index (χ4v) is 3.23. The Kier molecular flexibility index (Phi) is 3.16. The Hall–Kier alpha value is -3.00. The molecule has 0 atom stereocenters. The van der Waals surface area contributed by atoms with Gasteiger partial charge in [-0.25, -0.2) is 4.99 Å². The van der Waals surface area contributed by atoms with Gasteiger partial charge in [-0.15, -0.1) is 0 Å². The van der Waals surface area contributed by atoms with E-state index in [0.717, 1.165) is 16.2 Å². The first-order chi connectivity index (χ1) is 11.3. The zero-order valence-corrected chi connectivity index (χ0v) is 12.8. The Morgan fingerprint density at radius 3 is 1.74 bits per heavy atom. The summed E-state index contributed by atoms with van der Waals surface area (Å²) in [6.07, 6.45) is 1.53. The van der Waals surface area contributed by atoms with Gasteiger partial charge in [-0.3, -0.25) is 4.79 Å². The molecular weight excluding hydrogens is 282 g/mol. The number of carbonyl (C=O) groups excluding carboxylic acids is 1. The van der Waals surface area contributed by atoms with Crippen LogP contribution < -0.4 is 0 Å². The van der Waals surface area contributed by atoms with E-state index < -0.39 is 0 Å². The smallest absolute Gasteiger partial charge is 0.267 e. The molecule has 0 fully saturated rings. The molecule has 0 aliphatic rings. The molecule has 110 valence electrons. The van der Waals surface area contributed by atoms with Crippen LogP contribution in [0.3, 0.4) is 0 Å². The number of hydrogen-bond acceptors (Lipinski definition) is 1. The summed E-state index contributed by atoms with van der Waals surface area (Å²) in [6.45, 7) is 1.75. The first-order valence-electron chi connectivity index (χ1n) is 7.66. The van der Waals surface area contributed by atoms with Gasteiger partial charge in [0.05, 0.1) is 0 Å². The van der Waals surface area contributed by atoms with Crippen molar-refractivity contribution in [3.8, 4) is 0 Å². The van der Waals surface area contributed by atoms with E-state index in [-0.39, 0.29) is 5.91 Å². The maximum absolute atomic E-state index is 12.1. The molecule has 0 heterocycles. The van der Waals surface area contributed by atoms with Crippen LogP contribution in [0.15, 0.2) is 71.7 Å². The summed E-state index contributed by atoms with van der Waals surface area (Å²) in [5, 5.41) is 7.07. The molecular formula is C21H15NO. The molecule has 4 aromatic carbocycles. The number of benzene rings is 4. The Bertz CT molecular complexity index is 1060. The highest BCUT2D eigenvalue weighted by atomic mass is 16.1. The van der Waals surface area contributed by atoms with Gasteiger partial charge in [0.2, 0.25) is 0 Å². The molecule has 0 saturated heterocycles. The van der Waals surface area contributed by atoms with Crippen molar-refractivity contribution in [2.24, 2.45) is 4.99 Å². The van der Waals surface area contributed by atoms with Crippen molar-refractivity contribution in [2.75, 3.05) is 0 Å². The van der Waals surface area contributed by atoms with Crippen LogP contribution in [0.1, 0.15) is 17.3 Å². The second kappa shape index (κ2) is 5.33. The Morgan fingerprint density at radius 2 is 1.22 bits per heavy atom. The van der Waals surface area contributed by atoms with Crippen LogP contribution in [0, 0.1) is 0 Å². The van der Waals surface area contributed by atoms with Gasteiger partial charge in [0.25, 0.3) is 5.91 Å². The van der Waals surface area contributed by atoms with Gasteiger partial charge in [-0.1, -0.05) is 54.6 Å². The number of aliphatic imine (C=N–C) groups is 1. The van der Waals surface area contributed by atoms with E-state index in [1.165, 1.54) is 22.4 Å². The Labute approximate surface area is 134 Å². The van der Waals surface area contributed by atoms with E-state index in [4.69, 9.17) is 0 Å². The predicted octanol–water partition coefficient (Wildman–Crippen LogP) is 5.38. The lowest BCUT2D eigenvalue weighted by Gasteiger charge is -2.10. The van der Waals surface area contributed by atoms with Crippen molar-refractivity contribution in [2.45, 2.75) is 6.92 Å². The molecule has 0 aliphatic heterocycles. The topological polar surface area (TPSA) is 29.4 Å². The monoisotopic (exact) mass is 297 g/mol. The van der Waals surface area contributed by atoms with Crippen molar-refractivity contribution in [3.63, 3.8) is 0 Å². The molecule has 1 amide bonds. The number of fused-ring (bicyclic) bond motifs is 6. The van der Waals surface area contributed by atoms with Crippen LogP contribution in [0.2, 0.25) is 0 Å². The van der Waals surface area contributed by atoms with E-state index in [9.17, 15) is 4.79 Å². The minimum Gasteiger partial charge on any atom is -0.267 e. The number of carbonyl (C=O) groups is 1. The highest BCUT2D eigenvalue weighted by molar-refractivity contribution is 6.26. The average Bonchev–Trinajstić information content (AvgIpc) is 2.62. The maximum atomic E-state index is 12.1. The molecule has 2 nitrogen and oxygen atoms in total. The van der Waals surface area contributed by atoms with Crippen molar-refractivity contribution >= 4 is 44.4 Å². The number of hydrogen-bond donors (Lipinski definition) is 0. The van der Waals surface area contributed by atoms with Crippen molar-refractivity contribution < 1.29 is 4.79 Å². The van der Waals surface area contributed by atoms with Crippen LogP contribution in [0.4, 0.5) is 0 Å². The van der Waals surface area contributed by atoms with Gasteiger partial charge >= 0.3 is 0 Å². The first-order valence-corrected chi connectivity index (χ1v) is 7.66. The number of rotatable bonds is 1. The van der Waals surface area contributed by atoms with E-state index in [1.807, 2.05) is 24.3 Å². The summed E-state index contributed by atoms with van der Waals surface area (Å²) in [5.74, 6) is -0.202. The highest BCUT2D eigenvalue weighted by Gasteiger charge is 2.10. The van der Waals surface area contributed by atoms with Gasteiger partial charge in [0.1, 0.15) is 0 Å². The fourth-order valence-electron chi connectivity index (χ4n) is 3.23. The molecule has 0 bridgehead atoms. The standard InChI is InChI=1S/C21H15NO/c1-2-22-21(23)14-11-12-19-17-9-4-3-7-15(17)16-8-5-6-10-18(16)20(19)13-14/h2-13H,1H3. The quantitative estimate of drug-likeness (QED) is 0.343. The lowest BCUT2D eigenvalue weighted by atomic mass is 9.93. The largest absolute Gasteiger partial charge is 0.276 e. The summed E-state index contributed by atoms with van der Waals surface area (Å²) >= 11 is 0. The lowest BCUT2D eigenvalue weighted by molar-refractivity contribution is 0.100. The summed E-state index contributed by atoms with van der Waals surface area (Å²) < 4.78 is 0. The van der Waals surface area contributed by atoms with E-state index in [2.05, 4.69) is 47.5 Å². The van der Waals surface area contributed by atoms with Crippen molar-refractivity contribution in [3.05, 3.63) is 72.3 Å². The third kappa shape index (κ3) is 2.11. The van der Waals surface area contributed by atoms with Crippen LogP contribution in [0.5, 0.6) is 0 Å². The summed E-state index contributed by atoms with van der Waals surface area (Å²) in [5.41, 5.74) is 0.621. The Morgan fingerprint density at radius 1 is 0.739 bits per heavy atom. The van der Waals surface area contributed by atoms with Crippen LogP contribution in [-0.2, 0) is 0 Å². The maximum Gasteiger partial charge on any atom is 0.276 e. The lowest BCUT2D eigenvalue weighted by Crippen LogP contribution is -1.95. The van der Waals surface area contributed by atoms with E-state index >= 15 is 0 Å². The van der Waals surface area contributed by atoms with Crippen LogP contribution in [-0.4, -0.2) is 12.1 Å². The predicted molar refractivity (Wildman–Crippen MR) is 97.5 cm³/mol.